The van der Waals surface area contributed by atoms with Crippen molar-refractivity contribution in [3.8, 4) is 0 Å². The number of hydrogen-bond acceptors (Lipinski definition) is 5. The molecule has 1 unspecified atom stereocenters. The van der Waals surface area contributed by atoms with E-state index < -0.39 is 16.1 Å². The molecular formula is C28H28ClIN2O3S2. The van der Waals surface area contributed by atoms with E-state index in [4.69, 9.17) is 16.3 Å². The summed E-state index contributed by atoms with van der Waals surface area (Å²) in [5, 5.41) is 0.401. The molecule has 194 valence electrons. The molecule has 1 saturated heterocycles. The van der Waals surface area contributed by atoms with Crippen LogP contribution in [-0.2, 0) is 14.8 Å². The van der Waals surface area contributed by atoms with Crippen molar-refractivity contribution in [3.05, 3.63) is 112 Å². The second-order valence-electron chi connectivity index (χ2n) is 9.13. The first-order valence-electron chi connectivity index (χ1n) is 12.2. The van der Waals surface area contributed by atoms with E-state index in [2.05, 4.69) is 37.6 Å². The summed E-state index contributed by atoms with van der Waals surface area (Å²) in [6.45, 7) is 3.14. The summed E-state index contributed by atoms with van der Waals surface area (Å²) in [6.07, 6.45) is 1.11. The van der Waals surface area contributed by atoms with Crippen LogP contribution in [0, 0.1) is 0 Å². The van der Waals surface area contributed by atoms with Crippen LogP contribution in [0.5, 0.6) is 0 Å². The van der Waals surface area contributed by atoms with Gasteiger partial charge in [-0.1, -0.05) is 78.3 Å². The fraction of sp³-hybridized carbons (Fsp3) is 0.286. The number of nitrogens with zero attached hydrogens (tertiary/aromatic N) is 2. The molecule has 0 saturated carbocycles. The van der Waals surface area contributed by atoms with Gasteiger partial charge < -0.3 is 4.74 Å². The Morgan fingerprint density at radius 2 is 1.59 bits per heavy atom. The Balaban J connectivity index is 1.69. The summed E-state index contributed by atoms with van der Waals surface area (Å²) in [6, 6.07) is 26.1. The third kappa shape index (κ3) is 5.46. The molecule has 0 bridgehead atoms. The van der Waals surface area contributed by atoms with Gasteiger partial charge in [0.1, 0.15) is 0 Å². The maximum Gasteiger partial charge on any atom is 0.244 e. The molecule has 0 aromatic heterocycles. The van der Waals surface area contributed by atoms with Gasteiger partial charge in [0.15, 0.2) is 0 Å². The third-order valence-corrected chi connectivity index (χ3v) is 11.2. The van der Waals surface area contributed by atoms with Gasteiger partial charge in [-0.2, -0.15) is 4.31 Å². The summed E-state index contributed by atoms with van der Waals surface area (Å²) >= 11 is 8.58. The normalized spacial score (nSPS) is 23.1. The van der Waals surface area contributed by atoms with Crippen molar-refractivity contribution >= 4 is 51.9 Å². The van der Waals surface area contributed by atoms with Crippen molar-refractivity contribution in [2.75, 3.05) is 13.2 Å². The van der Waals surface area contributed by atoms with Crippen molar-refractivity contribution in [1.29, 1.82) is 0 Å². The Bertz CT molecular complexity index is 1370. The number of rotatable bonds is 7. The van der Waals surface area contributed by atoms with Gasteiger partial charge in [-0.15, -0.1) is 0 Å². The second-order valence-corrected chi connectivity index (χ2v) is 13.2. The van der Waals surface area contributed by atoms with Crippen molar-refractivity contribution in [2.24, 2.45) is 0 Å². The molecule has 5 rings (SSSR count). The molecule has 37 heavy (non-hydrogen) atoms. The first-order valence-corrected chi connectivity index (χ1v) is 17.4. The maximum absolute atomic E-state index is 14.4. The zero-order valence-electron chi connectivity index (χ0n) is 20.3. The summed E-state index contributed by atoms with van der Waals surface area (Å²) in [5.74, 6) is 0.904. The highest BCUT2D eigenvalue weighted by Gasteiger charge is 2.49. The predicted octanol–water partition coefficient (Wildman–Crippen LogP) is 7.58. The molecule has 2 heterocycles. The molecule has 2 aliphatic heterocycles. The minimum Gasteiger partial charge on any atom is -0.498 e. The minimum atomic E-state index is -3.89. The molecular weight excluding hydrogens is 639 g/mol. The Morgan fingerprint density at radius 1 is 0.946 bits per heavy atom. The third-order valence-electron chi connectivity index (χ3n) is 7.02. The number of benzene rings is 3. The summed E-state index contributed by atoms with van der Waals surface area (Å²) in [4.78, 5) is 0.210. The maximum atomic E-state index is 14.4. The first kappa shape index (κ1) is 27.0. The van der Waals surface area contributed by atoms with Crippen LogP contribution in [0.25, 0.3) is 0 Å². The summed E-state index contributed by atoms with van der Waals surface area (Å²) in [7, 11) is -2.23. The van der Waals surface area contributed by atoms with E-state index in [-0.39, 0.29) is 17.0 Å². The zero-order chi connectivity index (χ0) is 26.0. The van der Waals surface area contributed by atoms with E-state index in [0.29, 0.717) is 31.0 Å². The molecule has 0 radical (unpaired) electrons. The minimum absolute atomic E-state index is 0.0475. The molecule has 9 heteroatoms. The van der Waals surface area contributed by atoms with Gasteiger partial charge in [-0.25, -0.2) is 12.7 Å². The van der Waals surface area contributed by atoms with Crippen LogP contribution < -0.4 is 0 Å². The molecule has 0 N–H and O–H groups in total. The molecule has 3 aromatic carbocycles. The predicted molar refractivity (Wildman–Crippen MR) is 159 cm³/mol. The summed E-state index contributed by atoms with van der Waals surface area (Å²) in [5.41, 5.74) is 3.16. The smallest absolute Gasteiger partial charge is 0.244 e. The van der Waals surface area contributed by atoms with Gasteiger partial charge in [0, 0.05) is 50.8 Å². The van der Waals surface area contributed by atoms with Crippen LogP contribution in [-0.4, -0.2) is 36.2 Å². The Morgan fingerprint density at radius 3 is 2.19 bits per heavy atom. The van der Waals surface area contributed by atoms with E-state index in [1.165, 1.54) is 5.56 Å². The van der Waals surface area contributed by atoms with Crippen LogP contribution >= 0.6 is 41.9 Å². The molecule has 3 atom stereocenters. The van der Waals surface area contributed by atoms with Gasteiger partial charge in [-0.05, 0) is 51.8 Å². The highest BCUT2D eigenvalue weighted by Crippen LogP contribution is 2.50. The number of piperidine rings is 1. The van der Waals surface area contributed by atoms with E-state index in [1.807, 2.05) is 55.5 Å². The number of ether oxygens (including phenoxy) is 1. The van der Waals surface area contributed by atoms with Gasteiger partial charge in [0.2, 0.25) is 10.0 Å². The highest BCUT2D eigenvalue weighted by atomic mass is 127. The van der Waals surface area contributed by atoms with Gasteiger partial charge in [0.25, 0.3) is 0 Å². The Kier molecular flexibility index (Phi) is 8.53. The van der Waals surface area contributed by atoms with Gasteiger partial charge >= 0.3 is 0 Å². The van der Waals surface area contributed by atoms with Crippen LogP contribution in [0.1, 0.15) is 43.0 Å². The quantitative estimate of drug-likeness (QED) is 0.192. The lowest BCUT2D eigenvalue weighted by Gasteiger charge is -2.49. The average molecular weight is 667 g/mol. The van der Waals surface area contributed by atoms with Crippen LogP contribution in [0.4, 0.5) is 0 Å². The molecule has 0 spiro atoms. The van der Waals surface area contributed by atoms with E-state index in [0.717, 1.165) is 16.9 Å². The van der Waals surface area contributed by atoms with Crippen LogP contribution in [0.15, 0.2) is 101 Å². The number of sulfonamides is 1. The number of halogens is 2. The second kappa shape index (κ2) is 11.7. The molecule has 3 aromatic rings. The van der Waals surface area contributed by atoms with Crippen LogP contribution in [0.2, 0.25) is 5.02 Å². The standard InChI is InChI=1S/C28H28ClIN2O3S2/c1-2-35-28-18-26(21-12-7-4-8-13-21)32(37(33,34)23-15-9-14-22(29)16-23)27-17-25(20-10-5-3-6-11-20)31(36-30)19-24(27)28/h3-16,25-27H,2,17-19H2,1H3/t25-,26-,27?/m0/s1. The molecule has 0 amide bonds. The van der Waals surface area contributed by atoms with Crippen molar-refractivity contribution in [2.45, 2.75) is 42.8 Å². The van der Waals surface area contributed by atoms with Crippen LogP contribution in [0.3, 0.4) is 0 Å². The molecule has 1 fully saturated rings. The Labute approximate surface area is 240 Å². The lowest BCUT2D eigenvalue weighted by atomic mass is 9.84. The highest BCUT2D eigenvalue weighted by molar-refractivity contribution is 14.2. The van der Waals surface area contributed by atoms with Gasteiger partial charge in [0.05, 0.1) is 29.3 Å². The molecule has 5 nitrogen and oxygen atoms in total. The SMILES string of the molecule is CCOC1=C2CN(SI)[C@H](c3ccccc3)CC2N(S(=O)(=O)c2cccc(Cl)c2)[C@H](c2ccccc2)C1. The monoisotopic (exact) mass is 666 g/mol. The van der Waals surface area contributed by atoms with E-state index >= 15 is 0 Å². The fourth-order valence-corrected chi connectivity index (χ4v) is 9.24. The van der Waals surface area contributed by atoms with Crippen molar-refractivity contribution in [3.63, 3.8) is 0 Å². The fourth-order valence-electron chi connectivity index (χ4n) is 5.40. The van der Waals surface area contributed by atoms with Gasteiger partial charge in [-0.3, -0.25) is 0 Å². The topological polar surface area (TPSA) is 49.9 Å². The summed E-state index contributed by atoms with van der Waals surface area (Å²) < 4.78 is 39.1. The molecule has 0 aliphatic carbocycles. The number of hydrogen-bond donors (Lipinski definition) is 0. The lowest BCUT2D eigenvalue weighted by molar-refractivity contribution is 0.121. The average Bonchev–Trinajstić information content (AvgIpc) is 2.93. The van der Waals surface area contributed by atoms with E-state index in [1.54, 1.807) is 37.7 Å². The Hall–Kier alpha value is -1.56. The zero-order valence-corrected chi connectivity index (χ0v) is 24.9. The number of fused-ring (bicyclic) bond motifs is 1. The van der Waals surface area contributed by atoms with E-state index in [9.17, 15) is 8.42 Å². The van der Waals surface area contributed by atoms with Crippen molar-refractivity contribution < 1.29 is 13.2 Å². The molecule has 2 aliphatic rings. The lowest BCUT2D eigenvalue weighted by Crippen LogP contribution is -2.52. The first-order chi connectivity index (χ1) is 17.9. The van der Waals surface area contributed by atoms with Crippen molar-refractivity contribution in [1.82, 2.24) is 8.61 Å². The largest absolute Gasteiger partial charge is 0.498 e.